The van der Waals surface area contributed by atoms with Gasteiger partial charge in [0.2, 0.25) is 5.75 Å². The summed E-state index contributed by atoms with van der Waals surface area (Å²) in [5.74, 6) is -0.841. The fourth-order valence-electron chi connectivity index (χ4n) is 3.06. The number of methoxy groups -OCH3 is 3. The lowest BCUT2D eigenvalue weighted by Crippen LogP contribution is -2.35. The third-order valence-electron chi connectivity index (χ3n) is 5.02. The Morgan fingerprint density at radius 1 is 0.912 bits per heavy atom. The molecule has 2 aromatic rings. The number of rotatable bonds is 9. The molecule has 0 aliphatic rings. The minimum atomic E-state index is -1.05. The molecule has 0 saturated heterocycles. The molecule has 9 heteroatoms. The molecule has 0 heterocycles. The predicted octanol–water partition coefficient (Wildman–Crippen LogP) is 3.31. The zero-order valence-electron chi connectivity index (χ0n) is 20.6. The molecule has 0 bridgehead atoms. The van der Waals surface area contributed by atoms with Crippen LogP contribution in [0.3, 0.4) is 0 Å². The number of nitrogens with one attached hydrogen (secondary N) is 2. The summed E-state index contributed by atoms with van der Waals surface area (Å²) in [7, 11) is 4.32. The average molecular weight is 473 g/mol. The van der Waals surface area contributed by atoms with Gasteiger partial charge in [-0.15, -0.1) is 0 Å². The summed E-state index contributed by atoms with van der Waals surface area (Å²) >= 11 is 0. The van der Waals surface area contributed by atoms with Crippen molar-refractivity contribution in [3.8, 4) is 17.2 Å². The van der Waals surface area contributed by atoms with Crippen LogP contribution in [0.4, 0.5) is 5.69 Å². The topological polar surface area (TPSA) is 112 Å². The molecule has 0 aromatic heterocycles. The first kappa shape index (κ1) is 26.5. The predicted molar refractivity (Wildman–Crippen MR) is 128 cm³/mol. The van der Waals surface area contributed by atoms with Crippen molar-refractivity contribution >= 4 is 23.5 Å². The second kappa shape index (κ2) is 11.4. The van der Waals surface area contributed by atoms with Crippen LogP contribution in [0.1, 0.15) is 43.6 Å². The Hall–Kier alpha value is -3.75. The van der Waals surface area contributed by atoms with Gasteiger partial charge in [0.25, 0.3) is 11.8 Å². The number of hydrogen-bond donors (Lipinski definition) is 2. The molecule has 34 heavy (non-hydrogen) atoms. The summed E-state index contributed by atoms with van der Waals surface area (Å²) in [6, 6.07) is 10.4. The molecule has 9 nitrogen and oxygen atoms in total. The second-order valence-electron chi connectivity index (χ2n) is 8.55. The van der Waals surface area contributed by atoms with Crippen molar-refractivity contribution in [2.45, 2.75) is 39.2 Å². The summed E-state index contributed by atoms with van der Waals surface area (Å²) in [6.45, 7) is 7.33. The third-order valence-corrected chi connectivity index (χ3v) is 5.02. The molecule has 0 saturated carbocycles. The van der Waals surface area contributed by atoms with Crippen LogP contribution in [0.2, 0.25) is 0 Å². The maximum atomic E-state index is 12.5. The molecule has 0 fully saturated rings. The Morgan fingerprint density at radius 3 is 1.94 bits per heavy atom. The van der Waals surface area contributed by atoms with E-state index in [0.717, 1.165) is 5.56 Å². The molecule has 2 aromatic carbocycles. The van der Waals surface area contributed by atoms with Gasteiger partial charge in [0, 0.05) is 11.3 Å². The average Bonchev–Trinajstić information content (AvgIpc) is 2.81. The number of amides is 2. The maximum absolute atomic E-state index is 12.5. The number of esters is 1. The zero-order chi connectivity index (χ0) is 25.5. The quantitative estimate of drug-likeness (QED) is 0.539. The largest absolute Gasteiger partial charge is 0.493 e. The summed E-state index contributed by atoms with van der Waals surface area (Å²) in [5, 5.41) is 5.17. The van der Waals surface area contributed by atoms with E-state index in [9.17, 15) is 14.4 Å². The third kappa shape index (κ3) is 6.87. The highest BCUT2D eigenvalue weighted by Crippen LogP contribution is 2.38. The van der Waals surface area contributed by atoms with Crippen LogP contribution in [0.15, 0.2) is 36.4 Å². The Morgan fingerprint density at radius 2 is 1.47 bits per heavy atom. The molecule has 2 amide bonds. The first-order valence-corrected chi connectivity index (χ1v) is 10.7. The van der Waals surface area contributed by atoms with Crippen LogP contribution in [0.25, 0.3) is 0 Å². The van der Waals surface area contributed by atoms with Crippen molar-refractivity contribution in [3.05, 3.63) is 47.5 Å². The number of hydrogen-bond acceptors (Lipinski definition) is 7. The molecule has 0 aliphatic heterocycles. The SMILES string of the molecule is COc1cc(C(=O)NCC(=O)OC(C)C(=O)Nc2ccc(C(C)(C)C)cc2)cc(OC)c1OC. The van der Waals surface area contributed by atoms with Crippen LogP contribution in [-0.4, -0.2) is 51.8 Å². The fraction of sp³-hybridized carbons (Fsp3) is 0.400. The van der Waals surface area contributed by atoms with Gasteiger partial charge in [0.1, 0.15) is 6.54 Å². The molecular formula is C25H32N2O7. The van der Waals surface area contributed by atoms with E-state index in [1.165, 1.54) is 40.4 Å². The Kier molecular flexibility index (Phi) is 8.89. The molecule has 2 rings (SSSR count). The lowest BCUT2D eigenvalue weighted by Gasteiger charge is -2.19. The van der Waals surface area contributed by atoms with Gasteiger partial charge in [-0.25, -0.2) is 0 Å². The number of carbonyl (C=O) groups is 3. The smallest absolute Gasteiger partial charge is 0.326 e. The standard InChI is InChI=1S/C25H32N2O7/c1-15(23(29)27-18-10-8-17(9-11-18)25(2,3)4)34-21(28)14-26-24(30)16-12-19(31-5)22(33-7)20(13-16)32-6/h8-13,15H,14H2,1-7H3,(H,26,30)(H,27,29). The molecule has 0 aliphatic carbocycles. The number of benzene rings is 2. The van der Waals surface area contributed by atoms with E-state index in [0.29, 0.717) is 22.9 Å². The summed E-state index contributed by atoms with van der Waals surface area (Å²) in [4.78, 5) is 37.0. The highest BCUT2D eigenvalue weighted by Gasteiger charge is 2.21. The fourth-order valence-corrected chi connectivity index (χ4v) is 3.06. The van der Waals surface area contributed by atoms with Crippen molar-refractivity contribution in [1.82, 2.24) is 5.32 Å². The Bertz CT molecular complexity index is 1000. The van der Waals surface area contributed by atoms with Crippen LogP contribution < -0.4 is 24.8 Å². The zero-order valence-corrected chi connectivity index (χ0v) is 20.6. The summed E-state index contributed by atoms with van der Waals surface area (Å²) in [5.41, 5.74) is 1.92. The van der Waals surface area contributed by atoms with Gasteiger partial charge in [0.15, 0.2) is 17.6 Å². The van der Waals surface area contributed by atoms with Crippen molar-refractivity contribution in [3.63, 3.8) is 0 Å². The maximum Gasteiger partial charge on any atom is 0.326 e. The number of anilines is 1. The molecule has 1 unspecified atom stereocenters. The molecule has 2 N–H and O–H groups in total. The van der Waals surface area contributed by atoms with Crippen LogP contribution in [-0.2, 0) is 19.7 Å². The first-order chi connectivity index (χ1) is 16.0. The van der Waals surface area contributed by atoms with Gasteiger partial charge in [-0.05, 0) is 42.2 Å². The first-order valence-electron chi connectivity index (χ1n) is 10.7. The minimum Gasteiger partial charge on any atom is -0.493 e. The molecule has 0 radical (unpaired) electrons. The normalized spacial score (nSPS) is 11.7. The van der Waals surface area contributed by atoms with Gasteiger partial charge >= 0.3 is 5.97 Å². The van der Waals surface area contributed by atoms with E-state index in [1.54, 1.807) is 12.1 Å². The van der Waals surface area contributed by atoms with Gasteiger partial charge in [0.05, 0.1) is 21.3 Å². The number of ether oxygens (including phenoxy) is 4. The van der Waals surface area contributed by atoms with E-state index in [2.05, 4.69) is 31.4 Å². The lowest BCUT2D eigenvalue weighted by molar-refractivity contribution is -0.152. The summed E-state index contributed by atoms with van der Waals surface area (Å²) in [6.07, 6.45) is -1.05. The van der Waals surface area contributed by atoms with E-state index < -0.39 is 30.4 Å². The summed E-state index contributed by atoms with van der Waals surface area (Å²) < 4.78 is 20.8. The van der Waals surface area contributed by atoms with Gasteiger partial charge in [-0.3, -0.25) is 14.4 Å². The molecular weight excluding hydrogens is 440 g/mol. The van der Waals surface area contributed by atoms with Crippen LogP contribution in [0, 0.1) is 0 Å². The lowest BCUT2D eigenvalue weighted by atomic mass is 9.87. The monoisotopic (exact) mass is 472 g/mol. The van der Waals surface area contributed by atoms with E-state index in [4.69, 9.17) is 18.9 Å². The Balaban J connectivity index is 1.92. The van der Waals surface area contributed by atoms with Crippen LogP contribution >= 0.6 is 0 Å². The van der Waals surface area contributed by atoms with Crippen molar-refractivity contribution in [2.24, 2.45) is 0 Å². The van der Waals surface area contributed by atoms with E-state index in [1.807, 2.05) is 12.1 Å². The molecule has 0 spiro atoms. The van der Waals surface area contributed by atoms with E-state index >= 15 is 0 Å². The molecule has 184 valence electrons. The van der Waals surface area contributed by atoms with Gasteiger partial charge < -0.3 is 29.6 Å². The van der Waals surface area contributed by atoms with Crippen molar-refractivity contribution in [2.75, 3.05) is 33.2 Å². The Labute approximate surface area is 199 Å². The highest BCUT2D eigenvalue weighted by atomic mass is 16.5. The second-order valence-corrected chi connectivity index (χ2v) is 8.55. The highest BCUT2D eigenvalue weighted by molar-refractivity contribution is 5.98. The minimum absolute atomic E-state index is 0.00211. The number of carbonyl (C=O) groups excluding carboxylic acids is 3. The van der Waals surface area contributed by atoms with Crippen LogP contribution in [0.5, 0.6) is 17.2 Å². The van der Waals surface area contributed by atoms with Crippen molar-refractivity contribution in [1.29, 1.82) is 0 Å². The van der Waals surface area contributed by atoms with Crippen molar-refractivity contribution < 1.29 is 33.3 Å². The molecule has 1 atom stereocenters. The van der Waals surface area contributed by atoms with Gasteiger partial charge in [-0.2, -0.15) is 0 Å². The van der Waals surface area contributed by atoms with Gasteiger partial charge in [-0.1, -0.05) is 32.9 Å². The van der Waals surface area contributed by atoms with E-state index in [-0.39, 0.29) is 11.0 Å².